The molecule has 0 radical (unpaired) electrons. The number of aromatic nitrogens is 2. The highest BCUT2D eigenvalue weighted by Crippen LogP contribution is 2.22. The number of allylic oxidation sites excluding steroid dienone is 1. The number of pyridine rings is 1. The second-order valence-electron chi connectivity index (χ2n) is 5.44. The Morgan fingerprint density at radius 1 is 1.28 bits per heavy atom. The molecule has 0 fully saturated rings. The number of hydrogen-bond acceptors (Lipinski definition) is 2. The third-order valence-corrected chi connectivity index (χ3v) is 3.75. The van der Waals surface area contributed by atoms with Gasteiger partial charge in [0.2, 0.25) is 5.91 Å². The van der Waals surface area contributed by atoms with E-state index in [9.17, 15) is 4.79 Å². The van der Waals surface area contributed by atoms with E-state index < -0.39 is 0 Å². The summed E-state index contributed by atoms with van der Waals surface area (Å²) >= 11 is 0. The highest BCUT2D eigenvalue weighted by molar-refractivity contribution is 5.91. The second-order valence-corrected chi connectivity index (χ2v) is 5.44. The van der Waals surface area contributed by atoms with Gasteiger partial charge in [0.05, 0.1) is 6.20 Å². The average Bonchev–Trinajstić information content (AvgIpc) is 2.95. The fraction of sp³-hybridized carbons (Fsp3) is 0.158. The molecule has 1 aromatic carbocycles. The summed E-state index contributed by atoms with van der Waals surface area (Å²) in [4.78, 5) is 11.6. The Morgan fingerprint density at radius 2 is 2.04 bits per heavy atom. The van der Waals surface area contributed by atoms with Gasteiger partial charge in [-0.25, -0.2) is 8.97 Å². The molecule has 6 heteroatoms. The van der Waals surface area contributed by atoms with Gasteiger partial charge < -0.3 is 27.0 Å². The molecule has 0 aliphatic carbocycles. The lowest BCUT2D eigenvalue weighted by atomic mass is 10.1. The highest BCUT2D eigenvalue weighted by atomic mass is 79.9. The Morgan fingerprint density at radius 3 is 2.72 bits per heavy atom. The predicted octanol–water partition coefficient (Wildman–Crippen LogP) is -0.331. The number of benzene rings is 1. The van der Waals surface area contributed by atoms with Gasteiger partial charge in [-0.15, -0.1) is 0 Å². The molecule has 5 nitrogen and oxygen atoms in total. The van der Waals surface area contributed by atoms with E-state index in [1.165, 1.54) is 7.11 Å². The topological polar surface area (TPSA) is 47.4 Å². The Hall–Kier alpha value is -2.44. The summed E-state index contributed by atoms with van der Waals surface area (Å²) in [6.07, 6.45) is 6.00. The van der Waals surface area contributed by atoms with Crippen LogP contribution in [0.5, 0.6) is 0 Å². The van der Waals surface area contributed by atoms with Crippen molar-refractivity contribution in [2.75, 3.05) is 19.0 Å². The molecule has 3 rings (SSSR count). The molecule has 0 unspecified atom stereocenters. The van der Waals surface area contributed by atoms with Crippen LogP contribution in [0.3, 0.4) is 0 Å². The van der Waals surface area contributed by atoms with Crippen LogP contribution in [0.25, 0.3) is 16.9 Å². The molecule has 0 saturated carbocycles. The number of amides is 1. The van der Waals surface area contributed by atoms with Gasteiger partial charge in [-0.2, -0.15) is 0 Å². The number of carbonyl (C=O) groups is 1. The number of ether oxygens (including phenoxy) is 1. The van der Waals surface area contributed by atoms with Crippen molar-refractivity contribution in [1.82, 2.24) is 4.57 Å². The lowest BCUT2D eigenvalue weighted by Gasteiger charge is -2.05. The number of carbonyl (C=O) groups excluding carboxylic acids is 1. The van der Waals surface area contributed by atoms with E-state index in [1.807, 2.05) is 48.7 Å². The van der Waals surface area contributed by atoms with Gasteiger partial charge in [-0.3, -0.25) is 4.79 Å². The van der Waals surface area contributed by atoms with Crippen molar-refractivity contribution in [2.45, 2.75) is 6.54 Å². The fourth-order valence-corrected chi connectivity index (χ4v) is 2.71. The summed E-state index contributed by atoms with van der Waals surface area (Å²) in [5.41, 5.74) is 4.02. The zero-order chi connectivity index (χ0) is 16.9. The van der Waals surface area contributed by atoms with Gasteiger partial charge in [-0.1, -0.05) is 18.7 Å². The zero-order valence-corrected chi connectivity index (χ0v) is 15.6. The molecule has 0 aliphatic rings. The van der Waals surface area contributed by atoms with Crippen molar-refractivity contribution in [1.29, 1.82) is 0 Å². The minimum Gasteiger partial charge on any atom is -1.00 e. The standard InChI is InChI=1S/C19H19N3O2.BrH/c1-3-11-22-17(13-21-12-5-4-6-19(21)22)15-7-9-16(10-8-15)20-18(23)14-24-2;/h3-10,12-13H,1,11,14H2,2H3;1H. The van der Waals surface area contributed by atoms with E-state index in [2.05, 4.69) is 33.1 Å². The Labute approximate surface area is 157 Å². The van der Waals surface area contributed by atoms with Gasteiger partial charge in [0, 0.05) is 24.4 Å². The molecule has 25 heavy (non-hydrogen) atoms. The molecule has 0 aliphatic heterocycles. The van der Waals surface area contributed by atoms with E-state index in [-0.39, 0.29) is 29.5 Å². The minimum absolute atomic E-state index is 0. The van der Waals surface area contributed by atoms with Crippen LogP contribution in [-0.2, 0) is 16.1 Å². The monoisotopic (exact) mass is 401 g/mol. The lowest BCUT2D eigenvalue weighted by molar-refractivity contribution is -0.510. The van der Waals surface area contributed by atoms with Crippen LogP contribution in [0.2, 0.25) is 0 Å². The Bertz CT molecular complexity index is 872. The van der Waals surface area contributed by atoms with Crippen molar-refractivity contribution in [3.63, 3.8) is 0 Å². The first-order valence-corrected chi connectivity index (χ1v) is 7.72. The predicted molar refractivity (Wildman–Crippen MR) is 93.7 cm³/mol. The SMILES string of the molecule is C=CCn1c(-c2ccc(NC(=O)COC)cc2)c[n+]2ccccc12.[Br-]. The van der Waals surface area contributed by atoms with Gasteiger partial charge in [0.1, 0.15) is 19.3 Å². The number of halogens is 1. The highest BCUT2D eigenvalue weighted by Gasteiger charge is 2.17. The number of imidazole rings is 1. The van der Waals surface area contributed by atoms with Crippen molar-refractivity contribution in [3.8, 4) is 11.3 Å². The zero-order valence-electron chi connectivity index (χ0n) is 14.0. The Kier molecular flexibility index (Phi) is 6.50. The molecule has 0 bridgehead atoms. The van der Waals surface area contributed by atoms with Gasteiger partial charge in [-0.05, 0) is 30.3 Å². The van der Waals surface area contributed by atoms with Crippen molar-refractivity contribution in [2.24, 2.45) is 0 Å². The van der Waals surface area contributed by atoms with Gasteiger partial charge >= 0.3 is 0 Å². The van der Waals surface area contributed by atoms with E-state index in [4.69, 9.17) is 4.74 Å². The summed E-state index contributed by atoms with van der Waals surface area (Å²) < 4.78 is 9.11. The normalized spacial score (nSPS) is 10.3. The van der Waals surface area contributed by atoms with Crippen LogP contribution in [-0.4, -0.2) is 24.2 Å². The lowest BCUT2D eigenvalue weighted by Crippen LogP contribution is -3.00. The number of nitrogens with one attached hydrogen (secondary N) is 1. The van der Waals surface area contributed by atoms with Crippen LogP contribution >= 0.6 is 0 Å². The first-order chi connectivity index (χ1) is 11.7. The van der Waals surface area contributed by atoms with Crippen LogP contribution < -0.4 is 26.7 Å². The Balaban J connectivity index is 0.00000225. The van der Waals surface area contributed by atoms with Crippen molar-refractivity contribution >= 4 is 17.2 Å². The molecule has 2 heterocycles. The minimum atomic E-state index is -0.165. The molecule has 1 N–H and O–H groups in total. The number of anilines is 1. The molecular weight excluding hydrogens is 382 g/mol. The number of hydrogen-bond donors (Lipinski definition) is 1. The molecule has 0 atom stereocenters. The van der Waals surface area contributed by atoms with Gasteiger partial charge in [0.15, 0.2) is 5.69 Å². The molecule has 3 aromatic rings. The summed E-state index contributed by atoms with van der Waals surface area (Å²) in [5, 5.41) is 2.80. The average molecular weight is 402 g/mol. The fourth-order valence-electron chi connectivity index (χ4n) is 2.71. The number of nitrogens with zero attached hydrogens (tertiary/aromatic N) is 2. The quantitative estimate of drug-likeness (QED) is 0.454. The van der Waals surface area contributed by atoms with E-state index in [1.54, 1.807) is 0 Å². The molecule has 2 aromatic heterocycles. The van der Waals surface area contributed by atoms with Crippen molar-refractivity contribution in [3.05, 3.63) is 67.5 Å². The summed E-state index contributed by atoms with van der Waals surface area (Å²) in [5.74, 6) is -0.165. The van der Waals surface area contributed by atoms with Crippen LogP contribution in [0, 0.1) is 0 Å². The summed E-state index contributed by atoms with van der Waals surface area (Å²) in [6, 6.07) is 13.9. The smallest absolute Gasteiger partial charge is 0.286 e. The first-order valence-electron chi connectivity index (χ1n) is 7.72. The summed E-state index contributed by atoms with van der Waals surface area (Å²) in [6.45, 7) is 4.62. The molecule has 130 valence electrons. The number of methoxy groups -OCH3 is 1. The molecule has 1 amide bonds. The molecular formula is C19H20BrN3O2. The largest absolute Gasteiger partial charge is 1.00 e. The molecule has 0 saturated heterocycles. The maximum atomic E-state index is 11.6. The summed E-state index contributed by atoms with van der Waals surface area (Å²) in [7, 11) is 1.50. The number of fused-ring (bicyclic) bond motifs is 1. The third-order valence-electron chi connectivity index (χ3n) is 3.75. The molecule has 0 spiro atoms. The van der Waals surface area contributed by atoms with E-state index in [0.29, 0.717) is 0 Å². The maximum Gasteiger partial charge on any atom is 0.286 e. The number of rotatable bonds is 6. The maximum absolute atomic E-state index is 11.6. The first kappa shape index (κ1) is 18.9. The van der Waals surface area contributed by atoms with Crippen LogP contribution in [0.1, 0.15) is 0 Å². The van der Waals surface area contributed by atoms with E-state index >= 15 is 0 Å². The second kappa shape index (κ2) is 8.60. The van der Waals surface area contributed by atoms with E-state index in [0.717, 1.165) is 29.1 Å². The van der Waals surface area contributed by atoms with Gasteiger partial charge in [0.25, 0.3) is 5.65 Å². The van der Waals surface area contributed by atoms with Crippen molar-refractivity contribution < 1.29 is 30.9 Å². The van der Waals surface area contributed by atoms with Crippen LogP contribution in [0.4, 0.5) is 5.69 Å². The van der Waals surface area contributed by atoms with Crippen LogP contribution in [0.15, 0.2) is 67.5 Å². The third kappa shape index (κ3) is 4.15.